The number of hydrogen-bond donors (Lipinski definition) is 1. The molecule has 1 aromatic heterocycles. The molecule has 4 heteroatoms. The summed E-state index contributed by atoms with van der Waals surface area (Å²) in [6, 6.07) is 2.00. The number of halogens is 1. The topological polar surface area (TPSA) is 29.1 Å². The van der Waals surface area contributed by atoms with Crippen molar-refractivity contribution in [1.82, 2.24) is 5.32 Å². The molecular weight excluding hydrogens is 242 g/mol. The van der Waals surface area contributed by atoms with Gasteiger partial charge >= 0.3 is 0 Å². The summed E-state index contributed by atoms with van der Waals surface area (Å²) in [5.74, 6) is 0.430. The van der Waals surface area contributed by atoms with E-state index in [1.807, 2.05) is 25.3 Å². The Morgan fingerprint density at radius 1 is 1.56 bits per heavy atom. The van der Waals surface area contributed by atoms with Gasteiger partial charge in [0, 0.05) is 5.88 Å². The number of nitrogens with one attached hydrogen (secondary N) is 1. The average molecular weight is 260 g/mol. The van der Waals surface area contributed by atoms with Gasteiger partial charge in [0.25, 0.3) is 5.91 Å². The summed E-state index contributed by atoms with van der Waals surface area (Å²) in [7, 11) is 0. The molecule has 0 aliphatic carbocycles. The molecule has 1 unspecified atom stereocenters. The van der Waals surface area contributed by atoms with Crippen molar-refractivity contribution in [3.05, 3.63) is 21.9 Å². The molecule has 16 heavy (non-hydrogen) atoms. The maximum atomic E-state index is 12.1. The van der Waals surface area contributed by atoms with Crippen molar-refractivity contribution in [3.8, 4) is 0 Å². The van der Waals surface area contributed by atoms with Crippen molar-refractivity contribution in [1.29, 1.82) is 0 Å². The van der Waals surface area contributed by atoms with Crippen molar-refractivity contribution in [2.24, 2.45) is 0 Å². The number of carbonyl (C=O) groups is 1. The monoisotopic (exact) mass is 259 g/mol. The highest BCUT2D eigenvalue weighted by atomic mass is 35.5. The Balaban J connectivity index is 2.80. The highest BCUT2D eigenvalue weighted by Gasteiger charge is 2.25. The van der Waals surface area contributed by atoms with Gasteiger partial charge in [0.1, 0.15) is 0 Å². The van der Waals surface area contributed by atoms with E-state index in [-0.39, 0.29) is 11.4 Å². The minimum Gasteiger partial charge on any atom is -0.345 e. The quantitative estimate of drug-likeness (QED) is 0.807. The highest BCUT2D eigenvalue weighted by Crippen LogP contribution is 2.19. The van der Waals surface area contributed by atoms with Gasteiger partial charge in [-0.15, -0.1) is 22.9 Å². The Hall–Kier alpha value is -0.540. The standard InChI is InChI=1S/C12H18ClNOS/c1-4-9-6-7-16-10(9)11(15)14-12(3,5-2)8-13/h6-7H,4-5,8H2,1-3H3,(H,14,15). The molecule has 1 amide bonds. The van der Waals surface area contributed by atoms with E-state index in [0.717, 1.165) is 23.3 Å². The first-order valence-corrected chi connectivity index (χ1v) is 6.92. The number of aryl methyl sites for hydroxylation is 1. The van der Waals surface area contributed by atoms with Gasteiger partial charge in [-0.1, -0.05) is 13.8 Å². The molecule has 1 atom stereocenters. The summed E-state index contributed by atoms with van der Waals surface area (Å²) in [6.45, 7) is 6.05. The lowest BCUT2D eigenvalue weighted by atomic mass is 10.0. The number of amides is 1. The molecule has 1 aromatic rings. The Morgan fingerprint density at radius 2 is 2.25 bits per heavy atom. The number of carbonyl (C=O) groups excluding carboxylic acids is 1. The van der Waals surface area contributed by atoms with E-state index in [9.17, 15) is 4.79 Å². The molecule has 0 fully saturated rings. The van der Waals surface area contributed by atoms with Crippen LogP contribution in [0, 0.1) is 0 Å². The number of alkyl halides is 1. The molecule has 0 radical (unpaired) electrons. The average Bonchev–Trinajstić information content (AvgIpc) is 2.76. The molecule has 1 rings (SSSR count). The summed E-state index contributed by atoms with van der Waals surface area (Å²) >= 11 is 7.37. The normalized spacial score (nSPS) is 14.5. The van der Waals surface area contributed by atoms with Gasteiger partial charge in [-0.25, -0.2) is 0 Å². The first-order chi connectivity index (χ1) is 7.56. The minimum atomic E-state index is -0.312. The second kappa shape index (κ2) is 5.69. The summed E-state index contributed by atoms with van der Waals surface area (Å²) in [6.07, 6.45) is 1.71. The van der Waals surface area contributed by atoms with Gasteiger partial charge in [-0.2, -0.15) is 0 Å². The molecular formula is C12H18ClNOS. The SMILES string of the molecule is CCc1ccsc1C(=O)NC(C)(CC)CCl. The van der Waals surface area contributed by atoms with Crippen LogP contribution in [0.3, 0.4) is 0 Å². The van der Waals surface area contributed by atoms with Crippen molar-refractivity contribution in [2.75, 3.05) is 5.88 Å². The lowest BCUT2D eigenvalue weighted by Crippen LogP contribution is -2.47. The molecule has 0 aromatic carbocycles. The van der Waals surface area contributed by atoms with Crippen molar-refractivity contribution in [3.63, 3.8) is 0 Å². The van der Waals surface area contributed by atoms with E-state index < -0.39 is 0 Å². The van der Waals surface area contributed by atoms with E-state index in [1.54, 1.807) is 0 Å². The smallest absolute Gasteiger partial charge is 0.262 e. The third-order valence-corrected chi connectivity index (χ3v) is 4.37. The van der Waals surface area contributed by atoms with Crippen molar-refractivity contribution < 1.29 is 4.79 Å². The van der Waals surface area contributed by atoms with Crippen LogP contribution in [0.5, 0.6) is 0 Å². The van der Waals surface area contributed by atoms with Crippen LogP contribution in [-0.2, 0) is 6.42 Å². The highest BCUT2D eigenvalue weighted by molar-refractivity contribution is 7.12. The molecule has 0 aliphatic rings. The van der Waals surface area contributed by atoms with Gasteiger partial charge in [-0.05, 0) is 36.8 Å². The Labute approximate surface area is 106 Å². The summed E-state index contributed by atoms with van der Waals surface area (Å²) in [5.41, 5.74) is 0.795. The molecule has 1 N–H and O–H groups in total. The van der Waals surface area contributed by atoms with Crippen LogP contribution in [0.4, 0.5) is 0 Å². The largest absolute Gasteiger partial charge is 0.345 e. The maximum absolute atomic E-state index is 12.1. The van der Waals surface area contributed by atoms with E-state index in [4.69, 9.17) is 11.6 Å². The Bertz CT molecular complexity index is 358. The van der Waals surface area contributed by atoms with Gasteiger partial charge in [0.05, 0.1) is 10.4 Å². The molecule has 2 nitrogen and oxygen atoms in total. The molecule has 0 saturated carbocycles. The summed E-state index contributed by atoms with van der Waals surface area (Å²) < 4.78 is 0. The van der Waals surface area contributed by atoms with Crippen molar-refractivity contribution in [2.45, 2.75) is 39.2 Å². The van der Waals surface area contributed by atoms with E-state index in [0.29, 0.717) is 5.88 Å². The lowest BCUT2D eigenvalue weighted by Gasteiger charge is -2.26. The fourth-order valence-electron chi connectivity index (χ4n) is 1.36. The Kier molecular flexibility index (Phi) is 4.81. The Morgan fingerprint density at radius 3 is 2.75 bits per heavy atom. The minimum absolute atomic E-state index is 0.00292. The van der Waals surface area contributed by atoms with Crippen LogP contribution >= 0.6 is 22.9 Å². The van der Waals surface area contributed by atoms with Gasteiger partial charge < -0.3 is 5.32 Å². The zero-order valence-corrected chi connectivity index (χ0v) is 11.5. The van der Waals surface area contributed by atoms with E-state index in [2.05, 4.69) is 12.2 Å². The van der Waals surface area contributed by atoms with Crippen LogP contribution in [0.15, 0.2) is 11.4 Å². The van der Waals surface area contributed by atoms with Crippen LogP contribution in [0.25, 0.3) is 0 Å². The van der Waals surface area contributed by atoms with Gasteiger partial charge in [0.15, 0.2) is 0 Å². The van der Waals surface area contributed by atoms with Crippen LogP contribution in [0.1, 0.15) is 42.4 Å². The first kappa shape index (κ1) is 13.5. The first-order valence-electron chi connectivity index (χ1n) is 5.51. The number of rotatable bonds is 5. The van der Waals surface area contributed by atoms with E-state index in [1.165, 1.54) is 11.3 Å². The third-order valence-electron chi connectivity index (χ3n) is 2.82. The van der Waals surface area contributed by atoms with Crippen LogP contribution in [-0.4, -0.2) is 17.3 Å². The van der Waals surface area contributed by atoms with Gasteiger partial charge in [-0.3, -0.25) is 4.79 Å². The second-order valence-electron chi connectivity index (χ2n) is 4.13. The number of thiophene rings is 1. The fraction of sp³-hybridized carbons (Fsp3) is 0.583. The zero-order chi connectivity index (χ0) is 12.2. The molecule has 0 spiro atoms. The van der Waals surface area contributed by atoms with Crippen molar-refractivity contribution >= 4 is 28.8 Å². The third kappa shape index (κ3) is 2.98. The molecule has 0 aliphatic heterocycles. The number of hydrogen-bond acceptors (Lipinski definition) is 2. The summed E-state index contributed by atoms with van der Waals surface area (Å²) in [5, 5.41) is 4.97. The van der Waals surface area contributed by atoms with Crippen LogP contribution < -0.4 is 5.32 Å². The summed E-state index contributed by atoms with van der Waals surface area (Å²) in [4.78, 5) is 12.9. The fourth-order valence-corrected chi connectivity index (χ4v) is 2.51. The molecule has 1 heterocycles. The lowest BCUT2D eigenvalue weighted by molar-refractivity contribution is 0.0916. The maximum Gasteiger partial charge on any atom is 0.262 e. The van der Waals surface area contributed by atoms with E-state index >= 15 is 0 Å². The molecule has 90 valence electrons. The molecule has 0 bridgehead atoms. The predicted molar refractivity (Wildman–Crippen MR) is 70.6 cm³/mol. The molecule has 0 saturated heterocycles. The van der Waals surface area contributed by atoms with Gasteiger partial charge in [0.2, 0.25) is 0 Å². The van der Waals surface area contributed by atoms with Crippen LogP contribution in [0.2, 0.25) is 0 Å². The zero-order valence-electron chi connectivity index (χ0n) is 9.97. The second-order valence-corrected chi connectivity index (χ2v) is 5.31. The predicted octanol–water partition coefficient (Wildman–Crippen LogP) is 3.45.